The van der Waals surface area contributed by atoms with Gasteiger partial charge in [-0.3, -0.25) is 9.59 Å². The van der Waals surface area contributed by atoms with Crippen molar-refractivity contribution in [2.24, 2.45) is 0 Å². The zero-order chi connectivity index (χ0) is 37.0. The lowest BCUT2D eigenvalue weighted by atomic mass is 10.1. The van der Waals surface area contributed by atoms with Crippen LogP contribution in [0.1, 0.15) is 232 Å². The molecule has 300 valence electrons. The predicted octanol–water partition coefficient (Wildman–Crippen LogP) is 15.2. The Morgan fingerprint density at radius 1 is 0.373 bits per heavy atom. The monoisotopic (exact) mass is 735 g/mol. The summed E-state index contributed by atoms with van der Waals surface area (Å²) in [6.45, 7) is 5.71. The van der Waals surface area contributed by atoms with Crippen molar-refractivity contribution in [2.75, 3.05) is 24.7 Å². The largest absolute Gasteiger partial charge is 0.466 e. The van der Waals surface area contributed by atoms with E-state index in [1.54, 1.807) is 0 Å². The van der Waals surface area contributed by atoms with E-state index in [-0.39, 0.29) is 11.9 Å². The van der Waals surface area contributed by atoms with E-state index in [9.17, 15) is 9.59 Å². The van der Waals surface area contributed by atoms with Gasteiger partial charge in [-0.1, -0.05) is 154 Å². The van der Waals surface area contributed by atoms with E-state index < -0.39 is 0 Å². The first-order chi connectivity index (χ1) is 25.2. The van der Waals surface area contributed by atoms with Crippen LogP contribution in [0, 0.1) is 0 Å². The van der Waals surface area contributed by atoms with Crippen LogP contribution in [0.25, 0.3) is 0 Å². The quantitative estimate of drug-likeness (QED) is 0.0355. The smallest absolute Gasteiger partial charge is 0.305 e. The second kappa shape index (κ2) is 44.9. The maximum atomic E-state index is 12.0. The number of hydrogen-bond acceptors (Lipinski definition) is 5. The third-order valence-corrected chi connectivity index (χ3v) is 10.8. The number of hydrogen-bond donors (Lipinski definition) is 0. The number of allylic oxidation sites excluding steroid dienone is 4. The second-order valence-corrected chi connectivity index (χ2v) is 16.1. The van der Waals surface area contributed by atoms with Gasteiger partial charge in [0.1, 0.15) is 0 Å². The molecule has 0 bridgehead atoms. The molecule has 0 aromatic heterocycles. The van der Waals surface area contributed by atoms with Crippen LogP contribution in [0.2, 0.25) is 0 Å². The maximum absolute atomic E-state index is 12.0. The number of rotatable bonds is 42. The van der Waals surface area contributed by atoms with Crippen LogP contribution in [-0.4, -0.2) is 36.7 Å². The molecule has 0 aromatic rings. The zero-order valence-corrected chi connectivity index (χ0v) is 35.0. The molecule has 0 aliphatic rings. The highest BCUT2D eigenvalue weighted by molar-refractivity contribution is 7.99. The number of thioether (sulfide) groups is 1. The molecule has 0 unspecified atom stereocenters. The molecule has 0 spiro atoms. The van der Waals surface area contributed by atoms with Gasteiger partial charge < -0.3 is 9.47 Å². The minimum atomic E-state index is -0.0384. The summed E-state index contributed by atoms with van der Waals surface area (Å²) in [6.07, 6.45) is 50.6. The lowest BCUT2D eigenvalue weighted by Gasteiger charge is -2.06. The molecule has 0 radical (unpaired) electrons. The Hall–Kier alpha value is -1.23. The van der Waals surface area contributed by atoms with Crippen LogP contribution in [0.4, 0.5) is 0 Å². The number of unbranched alkanes of at least 4 members (excludes halogenated alkanes) is 26. The summed E-state index contributed by atoms with van der Waals surface area (Å²) in [6, 6.07) is 0. The maximum Gasteiger partial charge on any atom is 0.305 e. The first-order valence-electron chi connectivity index (χ1n) is 22.4. The van der Waals surface area contributed by atoms with Gasteiger partial charge in [0, 0.05) is 12.8 Å². The van der Waals surface area contributed by atoms with Gasteiger partial charge in [0.25, 0.3) is 0 Å². The highest BCUT2D eigenvalue weighted by atomic mass is 32.2. The van der Waals surface area contributed by atoms with Crippen molar-refractivity contribution in [2.45, 2.75) is 232 Å². The van der Waals surface area contributed by atoms with Gasteiger partial charge in [0.05, 0.1) is 13.2 Å². The number of carbonyl (C=O) groups excluding carboxylic acids is 2. The Morgan fingerprint density at radius 2 is 0.667 bits per heavy atom. The fourth-order valence-electron chi connectivity index (χ4n) is 6.26. The molecule has 0 heterocycles. The molecule has 51 heavy (non-hydrogen) atoms. The van der Waals surface area contributed by atoms with Crippen molar-refractivity contribution < 1.29 is 19.1 Å². The predicted molar refractivity (Wildman–Crippen MR) is 226 cm³/mol. The van der Waals surface area contributed by atoms with Gasteiger partial charge in [0.2, 0.25) is 0 Å². The van der Waals surface area contributed by atoms with Crippen LogP contribution in [0.3, 0.4) is 0 Å². The Bertz CT molecular complexity index is 702. The van der Waals surface area contributed by atoms with Crippen LogP contribution in [-0.2, 0) is 19.1 Å². The molecule has 0 amide bonds. The van der Waals surface area contributed by atoms with E-state index in [1.807, 2.05) is 11.8 Å². The van der Waals surface area contributed by atoms with E-state index in [4.69, 9.17) is 9.47 Å². The molecule has 0 fully saturated rings. The molecule has 0 saturated heterocycles. The summed E-state index contributed by atoms with van der Waals surface area (Å²) in [4.78, 5) is 24.0. The minimum Gasteiger partial charge on any atom is -0.466 e. The van der Waals surface area contributed by atoms with Crippen LogP contribution in [0.5, 0.6) is 0 Å². The van der Waals surface area contributed by atoms with Crippen molar-refractivity contribution in [1.29, 1.82) is 0 Å². The van der Waals surface area contributed by atoms with Gasteiger partial charge in [-0.25, -0.2) is 0 Å². The standard InChI is InChI=1S/C46H86O4S/c1-3-5-7-9-11-13-15-17-19-21-23-25-27-29-31-35-41-49-45(47)39-33-37-43-51-44-38-34-40-46(48)50-42-36-32-30-28-26-24-22-20-18-16-14-12-10-8-6-4-2/h17-20H,3-16,21-44H2,1-2H3/b19-17-,20-18-. The Balaban J connectivity index is 3.28. The van der Waals surface area contributed by atoms with Crippen molar-refractivity contribution in [3.8, 4) is 0 Å². The number of carbonyl (C=O) groups is 2. The third-order valence-electron chi connectivity index (χ3n) is 9.68. The summed E-state index contributed by atoms with van der Waals surface area (Å²) < 4.78 is 10.9. The lowest BCUT2D eigenvalue weighted by Crippen LogP contribution is -2.06. The van der Waals surface area contributed by atoms with Crippen molar-refractivity contribution in [3.63, 3.8) is 0 Å². The average Bonchev–Trinajstić information content (AvgIpc) is 3.13. The lowest BCUT2D eigenvalue weighted by molar-refractivity contribution is -0.144. The fourth-order valence-corrected chi connectivity index (χ4v) is 7.29. The number of ether oxygens (including phenoxy) is 2. The highest BCUT2D eigenvalue weighted by Crippen LogP contribution is 2.14. The molecular weight excluding hydrogens is 649 g/mol. The molecule has 0 aliphatic heterocycles. The molecular formula is C46H86O4S. The van der Waals surface area contributed by atoms with Gasteiger partial charge in [0.15, 0.2) is 0 Å². The Labute approximate surface area is 322 Å². The van der Waals surface area contributed by atoms with Gasteiger partial charge in [-0.05, 0) is 101 Å². The van der Waals surface area contributed by atoms with Crippen molar-refractivity contribution in [1.82, 2.24) is 0 Å². The topological polar surface area (TPSA) is 52.6 Å². The number of esters is 2. The molecule has 0 saturated carbocycles. The van der Waals surface area contributed by atoms with Crippen molar-refractivity contribution >= 4 is 23.7 Å². The molecule has 0 rings (SSSR count). The van der Waals surface area contributed by atoms with Crippen LogP contribution >= 0.6 is 11.8 Å². The molecule has 0 atom stereocenters. The SMILES string of the molecule is CCCCCCCC/C=C\CCCCCCCCOC(=O)CCCCSCCCCC(=O)OCCCCCCCC/C=C\CCCCCCCC. The van der Waals surface area contributed by atoms with E-state index in [0.29, 0.717) is 26.1 Å². The van der Waals surface area contributed by atoms with E-state index in [1.165, 1.54) is 154 Å². The van der Waals surface area contributed by atoms with Gasteiger partial charge in [-0.2, -0.15) is 11.8 Å². The zero-order valence-electron chi connectivity index (χ0n) is 34.2. The molecule has 0 N–H and O–H groups in total. The van der Waals surface area contributed by atoms with Crippen LogP contribution in [0.15, 0.2) is 24.3 Å². The first kappa shape index (κ1) is 49.8. The second-order valence-electron chi connectivity index (χ2n) is 14.8. The highest BCUT2D eigenvalue weighted by Gasteiger charge is 2.04. The summed E-state index contributed by atoms with van der Waals surface area (Å²) in [5.74, 6) is 2.07. The molecule has 0 aliphatic carbocycles. The van der Waals surface area contributed by atoms with Gasteiger partial charge in [-0.15, -0.1) is 0 Å². The fraction of sp³-hybridized carbons (Fsp3) is 0.870. The molecule has 0 aromatic carbocycles. The summed E-state index contributed by atoms with van der Waals surface area (Å²) in [5.41, 5.74) is 0. The minimum absolute atomic E-state index is 0.0384. The molecule has 5 heteroatoms. The van der Waals surface area contributed by atoms with E-state index in [0.717, 1.165) is 62.9 Å². The van der Waals surface area contributed by atoms with Gasteiger partial charge >= 0.3 is 11.9 Å². The summed E-state index contributed by atoms with van der Waals surface area (Å²) in [5, 5.41) is 0. The normalized spacial score (nSPS) is 11.6. The Kier molecular flexibility index (Phi) is 43.8. The summed E-state index contributed by atoms with van der Waals surface area (Å²) >= 11 is 1.93. The third kappa shape index (κ3) is 44.9. The average molecular weight is 735 g/mol. The van der Waals surface area contributed by atoms with E-state index >= 15 is 0 Å². The summed E-state index contributed by atoms with van der Waals surface area (Å²) in [7, 11) is 0. The molecule has 4 nitrogen and oxygen atoms in total. The first-order valence-corrected chi connectivity index (χ1v) is 23.5. The van der Waals surface area contributed by atoms with E-state index in [2.05, 4.69) is 38.2 Å². The van der Waals surface area contributed by atoms with Crippen LogP contribution < -0.4 is 0 Å². The Morgan fingerprint density at radius 3 is 1.00 bits per heavy atom. The van der Waals surface area contributed by atoms with Crippen molar-refractivity contribution in [3.05, 3.63) is 24.3 Å².